The minimum Gasteiger partial charge on any atom is -1.00 e. The normalized spacial score (nSPS) is 17.1. The van der Waals surface area contributed by atoms with Crippen molar-refractivity contribution >= 4 is 0 Å². The molecule has 0 saturated carbocycles. The van der Waals surface area contributed by atoms with Crippen LogP contribution in [0.1, 0.15) is 33.1 Å². The largest absolute Gasteiger partial charge is 4.00 e. The third-order valence-electron chi connectivity index (χ3n) is 2.78. The predicted octanol–water partition coefficient (Wildman–Crippen LogP) is -2.46. The van der Waals surface area contributed by atoms with E-state index < -0.39 is 0 Å². The average molecular weight is 332 g/mol. The van der Waals surface area contributed by atoms with Crippen molar-refractivity contribution in [1.29, 1.82) is 0 Å². The van der Waals surface area contributed by atoms with E-state index in [2.05, 4.69) is 38.2 Å². The van der Waals surface area contributed by atoms with Crippen LogP contribution < -0.4 is 24.8 Å². The van der Waals surface area contributed by atoms with E-state index in [4.69, 9.17) is 0 Å². The Bertz CT molecular complexity index is 315. The zero-order valence-corrected chi connectivity index (χ0v) is 13.5. The Morgan fingerprint density at radius 2 is 1.31 bits per heavy atom. The van der Waals surface area contributed by atoms with Crippen LogP contribution in [-0.4, -0.2) is 0 Å². The van der Waals surface area contributed by atoms with Gasteiger partial charge in [-0.2, -0.15) is 12.2 Å². The SMILES string of the molecule is CC1=[C-]CC=C1CC1=CC[C-]=C1C.[Cl-].[Cl-].[Zr+4]. The minimum absolute atomic E-state index is 0. The van der Waals surface area contributed by atoms with E-state index >= 15 is 0 Å². The maximum Gasteiger partial charge on any atom is 4.00 e. The van der Waals surface area contributed by atoms with Gasteiger partial charge in [-0.3, -0.25) is 12.2 Å². The van der Waals surface area contributed by atoms with Gasteiger partial charge in [0.05, 0.1) is 0 Å². The summed E-state index contributed by atoms with van der Waals surface area (Å²) in [6.45, 7) is 4.30. The van der Waals surface area contributed by atoms with E-state index in [1.54, 1.807) is 0 Å². The van der Waals surface area contributed by atoms with E-state index in [9.17, 15) is 0 Å². The van der Waals surface area contributed by atoms with Crippen molar-refractivity contribution in [3.05, 3.63) is 46.6 Å². The average Bonchev–Trinajstić information content (AvgIpc) is 2.65. The Hall–Kier alpha value is 0.423. The predicted molar refractivity (Wildman–Crippen MR) is 54.9 cm³/mol. The molecule has 0 aromatic carbocycles. The Kier molecular flexibility index (Phi) is 9.98. The molecule has 0 bridgehead atoms. The minimum atomic E-state index is 0. The van der Waals surface area contributed by atoms with Crippen LogP contribution in [0.2, 0.25) is 0 Å². The maximum absolute atomic E-state index is 3.33. The second-order valence-corrected chi connectivity index (χ2v) is 3.65. The Morgan fingerprint density at radius 3 is 1.56 bits per heavy atom. The van der Waals surface area contributed by atoms with E-state index in [1.807, 2.05) is 0 Å². The van der Waals surface area contributed by atoms with Crippen molar-refractivity contribution in [3.63, 3.8) is 0 Å². The molecule has 0 aliphatic heterocycles. The fourth-order valence-electron chi connectivity index (χ4n) is 1.80. The summed E-state index contributed by atoms with van der Waals surface area (Å²) in [5.41, 5.74) is 5.57. The summed E-state index contributed by atoms with van der Waals surface area (Å²) in [5.74, 6) is 0. The summed E-state index contributed by atoms with van der Waals surface area (Å²) in [5, 5.41) is 0. The second-order valence-electron chi connectivity index (χ2n) is 3.65. The van der Waals surface area contributed by atoms with E-state index in [1.165, 1.54) is 22.3 Å². The number of hydrogen-bond acceptors (Lipinski definition) is 0. The molecule has 2 rings (SSSR count). The van der Waals surface area contributed by atoms with Crippen molar-refractivity contribution in [2.45, 2.75) is 33.1 Å². The van der Waals surface area contributed by atoms with Gasteiger partial charge in [0.1, 0.15) is 0 Å². The molecule has 0 spiro atoms. The molecule has 0 unspecified atom stereocenters. The van der Waals surface area contributed by atoms with Gasteiger partial charge in [-0.25, -0.2) is 22.3 Å². The van der Waals surface area contributed by atoms with Gasteiger partial charge in [0, 0.05) is 0 Å². The van der Waals surface area contributed by atoms with E-state index in [0.717, 1.165) is 19.3 Å². The van der Waals surface area contributed by atoms with Crippen LogP contribution in [0.15, 0.2) is 34.4 Å². The molecule has 0 heterocycles. The first-order valence-corrected chi connectivity index (χ1v) is 4.81. The number of allylic oxidation sites excluding steroid dienone is 8. The summed E-state index contributed by atoms with van der Waals surface area (Å²) < 4.78 is 0. The van der Waals surface area contributed by atoms with Crippen molar-refractivity contribution < 1.29 is 51.0 Å². The zero-order chi connectivity index (χ0) is 9.26. The third-order valence-corrected chi connectivity index (χ3v) is 2.78. The smallest absolute Gasteiger partial charge is 1.00 e. The van der Waals surface area contributed by atoms with Crippen LogP contribution in [0.5, 0.6) is 0 Å². The first-order chi connectivity index (χ1) is 6.27. The molecule has 0 fully saturated rings. The maximum atomic E-state index is 3.33. The first-order valence-electron chi connectivity index (χ1n) is 4.81. The van der Waals surface area contributed by atoms with Crippen molar-refractivity contribution in [2.24, 2.45) is 0 Å². The number of halogens is 2. The van der Waals surface area contributed by atoms with Crippen LogP contribution in [0.25, 0.3) is 0 Å². The molecule has 0 radical (unpaired) electrons. The molecule has 0 saturated heterocycles. The summed E-state index contributed by atoms with van der Waals surface area (Å²) in [7, 11) is 0. The summed E-state index contributed by atoms with van der Waals surface area (Å²) >= 11 is 0. The molecule has 84 valence electrons. The van der Waals surface area contributed by atoms with Crippen molar-refractivity contribution in [2.75, 3.05) is 0 Å². The third kappa shape index (κ3) is 4.36. The Labute approximate surface area is 130 Å². The quantitative estimate of drug-likeness (QED) is 0.492. The molecular formula is C13H14Cl2Zr. The molecular weight excluding hydrogens is 318 g/mol. The standard InChI is InChI=1S/C13H14.2ClH.Zr/c1-10-5-3-7-12(10)9-13-8-4-6-11(13)2;;;/h7-8H,3-4,9H2,1-2H3;2*1H;/q-2;;;+4/p-2. The molecule has 0 aromatic rings. The molecule has 0 amide bonds. The topological polar surface area (TPSA) is 0 Å². The fraction of sp³-hybridized carbons (Fsp3) is 0.385. The fourth-order valence-corrected chi connectivity index (χ4v) is 1.80. The Morgan fingerprint density at radius 1 is 0.938 bits per heavy atom. The van der Waals surface area contributed by atoms with Crippen molar-refractivity contribution in [3.8, 4) is 0 Å². The molecule has 0 aromatic heterocycles. The Balaban J connectivity index is 0. The van der Waals surface area contributed by atoms with E-state index in [0.29, 0.717) is 0 Å². The molecule has 0 N–H and O–H groups in total. The van der Waals surface area contributed by atoms with Crippen LogP contribution in [-0.2, 0) is 26.2 Å². The molecule has 3 heteroatoms. The van der Waals surface area contributed by atoms with Crippen molar-refractivity contribution in [1.82, 2.24) is 0 Å². The number of hydrogen-bond donors (Lipinski definition) is 0. The zero-order valence-electron chi connectivity index (χ0n) is 9.53. The van der Waals surface area contributed by atoms with Crippen LogP contribution in [0, 0.1) is 12.2 Å². The van der Waals surface area contributed by atoms with Gasteiger partial charge in [0.15, 0.2) is 0 Å². The summed E-state index contributed by atoms with van der Waals surface area (Å²) in [6.07, 6.45) is 14.3. The first kappa shape index (κ1) is 18.8. The van der Waals surface area contributed by atoms with E-state index in [-0.39, 0.29) is 51.0 Å². The summed E-state index contributed by atoms with van der Waals surface area (Å²) in [6, 6.07) is 0. The van der Waals surface area contributed by atoms with Gasteiger partial charge >= 0.3 is 26.2 Å². The second kappa shape index (κ2) is 8.50. The molecule has 16 heavy (non-hydrogen) atoms. The van der Waals surface area contributed by atoms with Crippen LogP contribution >= 0.6 is 0 Å². The molecule has 0 atom stereocenters. The van der Waals surface area contributed by atoms with Gasteiger partial charge in [-0.1, -0.05) is 13.8 Å². The van der Waals surface area contributed by atoms with Gasteiger partial charge in [0.2, 0.25) is 0 Å². The van der Waals surface area contributed by atoms with Gasteiger partial charge in [0.25, 0.3) is 0 Å². The van der Waals surface area contributed by atoms with Crippen LogP contribution in [0.3, 0.4) is 0 Å². The van der Waals surface area contributed by atoms with Gasteiger partial charge in [-0.05, 0) is 0 Å². The van der Waals surface area contributed by atoms with Gasteiger partial charge < -0.3 is 24.8 Å². The van der Waals surface area contributed by atoms with Gasteiger partial charge in [-0.15, -0.1) is 19.3 Å². The molecule has 2 aliphatic rings. The number of rotatable bonds is 2. The molecule has 2 aliphatic carbocycles. The molecule has 0 nitrogen and oxygen atoms in total. The summed E-state index contributed by atoms with van der Waals surface area (Å²) in [4.78, 5) is 0. The van der Waals surface area contributed by atoms with Crippen LogP contribution in [0.4, 0.5) is 0 Å². The monoisotopic (exact) mass is 330 g/mol.